The number of benzene rings is 1. The first kappa shape index (κ1) is 16.8. The van der Waals surface area contributed by atoms with Crippen molar-refractivity contribution >= 4 is 28.7 Å². The summed E-state index contributed by atoms with van der Waals surface area (Å²) in [6.45, 7) is 0.134. The van der Waals surface area contributed by atoms with Gasteiger partial charge in [0.15, 0.2) is 5.41 Å². The number of urea groups is 1. The molecule has 1 saturated carbocycles. The second-order valence-electron chi connectivity index (χ2n) is 5.40. The highest BCUT2D eigenvalue weighted by Crippen LogP contribution is 2.45. The average Bonchev–Trinajstić information content (AvgIpc) is 3.29. The lowest BCUT2D eigenvalue weighted by Gasteiger charge is -2.05. The fourth-order valence-corrected chi connectivity index (χ4v) is 2.44. The molecule has 0 bridgehead atoms. The maximum atomic E-state index is 13.1. The second kappa shape index (κ2) is 6.82. The number of nitriles is 1. The zero-order valence-electron chi connectivity index (χ0n) is 12.8. The molecule has 1 aromatic heterocycles. The normalized spacial score (nSPS) is 14.2. The van der Waals surface area contributed by atoms with Crippen LogP contribution in [0.3, 0.4) is 0 Å². The van der Waals surface area contributed by atoms with Gasteiger partial charge < -0.3 is 10.1 Å². The molecule has 1 heterocycles. The Labute approximate surface area is 145 Å². The van der Waals surface area contributed by atoms with Gasteiger partial charge in [-0.05, 0) is 30.5 Å². The molecule has 1 aromatic carbocycles. The zero-order chi connectivity index (χ0) is 17.9. The summed E-state index contributed by atoms with van der Waals surface area (Å²) in [6.07, 6.45) is 0.917. The molecule has 0 unspecified atom stereocenters. The SMILES string of the molecule is N#CC1(C(=O)Oc2nsc(NC(=O)NCc3cccc(F)c3)n2)CC1. The summed E-state index contributed by atoms with van der Waals surface area (Å²) in [5, 5.41) is 14.0. The third-order valence-electron chi connectivity index (χ3n) is 3.51. The van der Waals surface area contributed by atoms with Crippen LogP contribution in [0.2, 0.25) is 0 Å². The summed E-state index contributed by atoms with van der Waals surface area (Å²) in [5.41, 5.74) is -0.477. The van der Waals surface area contributed by atoms with Gasteiger partial charge in [0, 0.05) is 18.1 Å². The molecule has 0 atom stereocenters. The maximum absolute atomic E-state index is 13.1. The second-order valence-corrected chi connectivity index (χ2v) is 6.15. The number of ether oxygens (including phenoxy) is 1. The third kappa shape index (κ3) is 4.07. The number of carbonyl (C=O) groups excluding carboxylic acids is 2. The molecule has 8 nitrogen and oxygen atoms in total. The number of hydrogen-bond donors (Lipinski definition) is 2. The standard InChI is InChI=1S/C15H12FN5O3S/c16-10-3-1-2-9(6-10)7-18-12(23)19-14-20-13(21-25-14)24-11(22)15(8-17)4-5-15/h1-3,6H,4-5,7H2,(H2,18,19,20,21,23). The summed E-state index contributed by atoms with van der Waals surface area (Å²) in [5.74, 6) is -1.07. The fraction of sp³-hybridized carbons (Fsp3) is 0.267. The van der Waals surface area contributed by atoms with Crippen molar-refractivity contribution in [3.8, 4) is 12.1 Å². The topological polar surface area (TPSA) is 117 Å². The Morgan fingerprint density at radius 3 is 2.92 bits per heavy atom. The lowest BCUT2D eigenvalue weighted by molar-refractivity contribution is -0.138. The van der Waals surface area contributed by atoms with Crippen molar-refractivity contribution < 1.29 is 18.7 Å². The molecule has 128 valence electrons. The van der Waals surface area contributed by atoms with Crippen LogP contribution in [0.1, 0.15) is 18.4 Å². The highest BCUT2D eigenvalue weighted by Gasteiger charge is 2.53. The number of amides is 2. The zero-order valence-corrected chi connectivity index (χ0v) is 13.6. The van der Waals surface area contributed by atoms with Crippen LogP contribution in [0, 0.1) is 22.6 Å². The van der Waals surface area contributed by atoms with Crippen molar-refractivity contribution in [1.29, 1.82) is 5.26 Å². The highest BCUT2D eigenvalue weighted by atomic mass is 32.1. The van der Waals surface area contributed by atoms with Gasteiger partial charge in [0.1, 0.15) is 5.82 Å². The lowest BCUT2D eigenvalue weighted by Crippen LogP contribution is -2.28. The predicted octanol–water partition coefficient (Wildman–Crippen LogP) is 2.21. The van der Waals surface area contributed by atoms with Crippen molar-refractivity contribution in [2.45, 2.75) is 19.4 Å². The molecule has 2 N–H and O–H groups in total. The van der Waals surface area contributed by atoms with E-state index in [2.05, 4.69) is 20.0 Å². The summed E-state index contributed by atoms with van der Waals surface area (Å²) in [7, 11) is 0. The van der Waals surface area contributed by atoms with E-state index >= 15 is 0 Å². The first-order valence-corrected chi connectivity index (χ1v) is 8.05. The van der Waals surface area contributed by atoms with Gasteiger partial charge in [0.05, 0.1) is 6.07 Å². The van der Waals surface area contributed by atoms with Crippen molar-refractivity contribution in [2.24, 2.45) is 5.41 Å². The van der Waals surface area contributed by atoms with E-state index in [0.717, 1.165) is 11.5 Å². The number of anilines is 1. The molecular weight excluding hydrogens is 349 g/mol. The van der Waals surface area contributed by atoms with E-state index in [4.69, 9.17) is 10.00 Å². The first-order chi connectivity index (χ1) is 12.0. The molecule has 0 saturated heterocycles. The van der Waals surface area contributed by atoms with Crippen molar-refractivity contribution in [2.75, 3.05) is 5.32 Å². The van der Waals surface area contributed by atoms with Gasteiger partial charge in [-0.25, -0.2) is 14.0 Å². The van der Waals surface area contributed by atoms with E-state index in [-0.39, 0.29) is 23.5 Å². The van der Waals surface area contributed by atoms with Crippen LogP contribution in [0.4, 0.5) is 14.3 Å². The lowest BCUT2D eigenvalue weighted by atomic mass is 10.1. The Hall–Kier alpha value is -3.06. The molecule has 1 fully saturated rings. The number of carbonyl (C=O) groups is 2. The summed E-state index contributed by atoms with van der Waals surface area (Å²) in [6, 6.07) is 6.99. The molecule has 0 aliphatic heterocycles. The Balaban J connectivity index is 1.50. The van der Waals surface area contributed by atoms with Crippen LogP contribution in [0.15, 0.2) is 24.3 Å². The summed E-state index contributed by atoms with van der Waals surface area (Å²) < 4.78 is 21.8. The number of aromatic nitrogens is 2. The highest BCUT2D eigenvalue weighted by molar-refractivity contribution is 7.10. The van der Waals surface area contributed by atoms with Gasteiger partial charge in [-0.3, -0.25) is 5.32 Å². The van der Waals surface area contributed by atoms with Crippen LogP contribution in [-0.2, 0) is 11.3 Å². The molecule has 2 aromatic rings. The van der Waals surface area contributed by atoms with E-state index in [1.165, 1.54) is 12.1 Å². The third-order valence-corrected chi connectivity index (χ3v) is 4.12. The van der Waals surface area contributed by atoms with Crippen molar-refractivity contribution in [1.82, 2.24) is 14.7 Å². The maximum Gasteiger partial charge on any atom is 0.338 e. The average molecular weight is 361 g/mol. The molecule has 2 amide bonds. The van der Waals surface area contributed by atoms with E-state index in [0.29, 0.717) is 18.4 Å². The van der Waals surface area contributed by atoms with E-state index in [1.54, 1.807) is 12.1 Å². The molecule has 0 spiro atoms. The van der Waals surface area contributed by atoms with E-state index in [1.807, 2.05) is 6.07 Å². The number of esters is 1. The fourth-order valence-electron chi connectivity index (χ4n) is 1.94. The number of nitrogens with zero attached hydrogens (tertiary/aromatic N) is 3. The molecule has 1 aliphatic rings. The number of hydrogen-bond acceptors (Lipinski definition) is 7. The quantitative estimate of drug-likeness (QED) is 0.789. The first-order valence-electron chi connectivity index (χ1n) is 7.27. The van der Waals surface area contributed by atoms with Gasteiger partial charge in [-0.1, -0.05) is 12.1 Å². The van der Waals surface area contributed by atoms with Crippen LogP contribution >= 0.6 is 11.5 Å². The monoisotopic (exact) mass is 361 g/mol. The van der Waals surface area contributed by atoms with Crippen LogP contribution in [0.5, 0.6) is 6.01 Å². The number of halogens is 1. The Bertz CT molecular complexity index is 859. The van der Waals surface area contributed by atoms with Gasteiger partial charge >= 0.3 is 18.0 Å². The Morgan fingerprint density at radius 1 is 1.44 bits per heavy atom. The number of nitrogens with one attached hydrogen (secondary N) is 2. The Morgan fingerprint density at radius 2 is 2.24 bits per heavy atom. The van der Waals surface area contributed by atoms with Gasteiger partial charge in [0.25, 0.3) is 0 Å². The predicted molar refractivity (Wildman–Crippen MR) is 85.1 cm³/mol. The molecular formula is C15H12FN5O3S. The minimum absolute atomic E-state index is 0.126. The van der Waals surface area contributed by atoms with Crippen LogP contribution < -0.4 is 15.4 Å². The van der Waals surface area contributed by atoms with Gasteiger partial charge in [0.2, 0.25) is 5.13 Å². The van der Waals surface area contributed by atoms with E-state index in [9.17, 15) is 14.0 Å². The van der Waals surface area contributed by atoms with Crippen molar-refractivity contribution in [3.05, 3.63) is 35.6 Å². The van der Waals surface area contributed by atoms with E-state index < -0.39 is 17.4 Å². The number of rotatable bonds is 5. The summed E-state index contributed by atoms with van der Waals surface area (Å²) in [4.78, 5) is 27.4. The van der Waals surface area contributed by atoms with Crippen molar-refractivity contribution in [3.63, 3.8) is 0 Å². The van der Waals surface area contributed by atoms with Crippen LogP contribution in [-0.4, -0.2) is 21.4 Å². The molecule has 0 radical (unpaired) electrons. The largest absolute Gasteiger partial charge is 0.389 e. The molecule has 1 aliphatic carbocycles. The van der Waals surface area contributed by atoms with Gasteiger partial charge in [-0.15, -0.1) is 4.37 Å². The Kier molecular flexibility index (Phi) is 4.58. The summed E-state index contributed by atoms with van der Waals surface area (Å²) >= 11 is 0.829. The minimum Gasteiger partial charge on any atom is -0.389 e. The minimum atomic E-state index is -1.08. The molecule has 25 heavy (non-hydrogen) atoms. The van der Waals surface area contributed by atoms with Crippen LogP contribution in [0.25, 0.3) is 0 Å². The van der Waals surface area contributed by atoms with Gasteiger partial charge in [-0.2, -0.15) is 10.2 Å². The smallest absolute Gasteiger partial charge is 0.338 e. The molecule has 3 rings (SSSR count). The molecule has 10 heteroatoms.